The summed E-state index contributed by atoms with van der Waals surface area (Å²) in [7, 11) is 1.70. The molecule has 0 unspecified atom stereocenters. The van der Waals surface area contributed by atoms with Gasteiger partial charge in [-0.2, -0.15) is 13.2 Å². The first kappa shape index (κ1) is 26.3. The van der Waals surface area contributed by atoms with Gasteiger partial charge in [-0.25, -0.2) is 18.2 Å². The molecule has 14 heteroatoms. The van der Waals surface area contributed by atoms with E-state index >= 15 is 0 Å². The summed E-state index contributed by atoms with van der Waals surface area (Å²) in [6, 6.07) is 0.0600. The predicted octanol–water partition coefficient (Wildman–Crippen LogP) is 2.95. The number of carbonyl (C=O) groups is 2. The lowest BCUT2D eigenvalue weighted by atomic mass is 10.0. The SMILES string of the molecule is CN1C=CN(C(=O)c2nc(C(F)(F)F)n3c2CN(C(=O)C[C@H](N)Cc2cc(F)c(F)cc2F)CC3)C=C1. The number of benzene rings is 1. The summed E-state index contributed by atoms with van der Waals surface area (Å²) in [6.07, 6.45) is 0.337. The molecule has 1 aromatic heterocycles. The summed E-state index contributed by atoms with van der Waals surface area (Å²) in [5, 5.41) is 0. The van der Waals surface area contributed by atoms with Gasteiger partial charge in [0.15, 0.2) is 17.3 Å². The van der Waals surface area contributed by atoms with Crippen LogP contribution in [0.2, 0.25) is 0 Å². The Kier molecular flexibility index (Phi) is 7.04. The molecule has 0 saturated heterocycles. The first-order valence-electron chi connectivity index (χ1n) is 11.1. The number of carbonyl (C=O) groups excluding carboxylic acids is 2. The monoisotopic (exact) mass is 528 g/mol. The highest BCUT2D eigenvalue weighted by atomic mass is 19.4. The van der Waals surface area contributed by atoms with Gasteiger partial charge >= 0.3 is 6.18 Å². The molecule has 1 atom stereocenters. The topological polar surface area (TPSA) is 87.7 Å². The average Bonchev–Trinajstić information content (AvgIpc) is 3.22. The van der Waals surface area contributed by atoms with Crippen LogP contribution in [0.3, 0.4) is 0 Å². The highest BCUT2D eigenvalue weighted by Crippen LogP contribution is 2.33. The third-order valence-electron chi connectivity index (χ3n) is 5.98. The van der Waals surface area contributed by atoms with Gasteiger partial charge in [-0.05, 0) is 18.1 Å². The molecule has 1 aromatic carbocycles. The minimum atomic E-state index is -4.83. The summed E-state index contributed by atoms with van der Waals surface area (Å²) in [4.78, 5) is 33.4. The molecule has 4 rings (SSSR count). The fraction of sp³-hybridized carbons (Fsp3) is 0.348. The molecule has 0 saturated carbocycles. The number of amides is 2. The van der Waals surface area contributed by atoms with Crippen molar-refractivity contribution in [2.45, 2.75) is 38.1 Å². The van der Waals surface area contributed by atoms with E-state index in [-0.39, 0.29) is 43.7 Å². The normalized spacial score (nSPS) is 16.3. The maximum atomic E-state index is 13.9. The first-order chi connectivity index (χ1) is 17.3. The van der Waals surface area contributed by atoms with Gasteiger partial charge in [0, 0.05) is 63.5 Å². The van der Waals surface area contributed by atoms with E-state index in [0.29, 0.717) is 12.1 Å². The van der Waals surface area contributed by atoms with Crippen molar-refractivity contribution in [1.29, 1.82) is 0 Å². The predicted molar refractivity (Wildman–Crippen MR) is 117 cm³/mol. The minimum absolute atomic E-state index is 0.0853. The van der Waals surface area contributed by atoms with Crippen LogP contribution in [-0.2, 0) is 30.5 Å². The van der Waals surface area contributed by atoms with Crippen LogP contribution in [0.15, 0.2) is 36.9 Å². The van der Waals surface area contributed by atoms with Crippen molar-refractivity contribution >= 4 is 11.8 Å². The summed E-state index contributed by atoms with van der Waals surface area (Å²) in [6.45, 7) is -0.715. The van der Waals surface area contributed by atoms with Crippen LogP contribution in [0.4, 0.5) is 26.3 Å². The largest absolute Gasteiger partial charge is 0.449 e. The fourth-order valence-corrected chi connectivity index (χ4v) is 4.11. The van der Waals surface area contributed by atoms with Crippen LogP contribution >= 0.6 is 0 Å². The quantitative estimate of drug-likeness (QED) is 0.477. The molecule has 0 radical (unpaired) electrons. The first-order valence-corrected chi connectivity index (χ1v) is 11.1. The lowest BCUT2D eigenvalue weighted by Crippen LogP contribution is -2.42. The summed E-state index contributed by atoms with van der Waals surface area (Å²) < 4.78 is 82.4. The molecule has 2 N–H and O–H groups in total. The van der Waals surface area contributed by atoms with Gasteiger partial charge in [-0.1, -0.05) is 0 Å². The van der Waals surface area contributed by atoms with Crippen LogP contribution in [0.5, 0.6) is 0 Å². The van der Waals surface area contributed by atoms with E-state index in [2.05, 4.69) is 4.98 Å². The molecule has 198 valence electrons. The Morgan fingerprint density at radius 3 is 2.32 bits per heavy atom. The number of alkyl halides is 3. The van der Waals surface area contributed by atoms with Crippen LogP contribution in [0.1, 0.15) is 34.0 Å². The average molecular weight is 528 g/mol. The number of rotatable bonds is 5. The zero-order chi connectivity index (χ0) is 27.1. The van der Waals surface area contributed by atoms with Crippen molar-refractivity contribution in [2.24, 2.45) is 5.73 Å². The number of halogens is 6. The van der Waals surface area contributed by atoms with Gasteiger partial charge < -0.3 is 20.1 Å². The number of imidazole rings is 1. The molecule has 0 bridgehead atoms. The van der Waals surface area contributed by atoms with Crippen molar-refractivity contribution < 1.29 is 35.9 Å². The Bertz CT molecular complexity index is 1270. The van der Waals surface area contributed by atoms with Crippen molar-refractivity contribution in [2.75, 3.05) is 13.6 Å². The lowest BCUT2D eigenvalue weighted by Gasteiger charge is -2.30. The van der Waals surface area contributed by atoms with Gasteiger partial charge in [-0.3, -0.25) is 14.5 Å². The number of nitrogens with two attached hydrogens (primary N) is 1. The van der Waals surface area contributed by atoms with Crippen molar-refractivity contribution in [1.82, 2.24) is 24.3 Å². The lowest BCUT2D eigenvalue weighted by molar-refractivity contribution is -0.148. The van der Waals surface area contributed by atoms with E-state index < -0.39 is 53.0 Å². The number of aromatic nitrogens is 2. The Hall–Kier alpha value is -3.81. The third-order valence-corrected chi connectivity index (χ3v) is 5.98. The second-order valence-corrected chi connectivity index (χ2v) is 8.70. The van der Waals surface area contributed by atoms with E-state index in [9.17, 15) is 35.9 Å². The Morgan fingerprint density at radius 1 is 1.03 bits per heavy atom. The van der Waals surface area contributed by atoms with Gasteiger partial charge in [0.2, 0.25) is 11.7 Å². The van der Waals surface area contributed by atoms with Gasteiger partial charge in [0.25, 0.3) is 5.91 Å². The van der Waals surface area contributed by atoms with Crippen molar-refractivity contribution in [3.05, 3.63) is 77.2 Å². The van der Waals surface area contributed by atoms with E-state index in [1.54, 1.807) is 11.9 Å². The molecule has 8 nitrogen and oxygen atoms in total. The van der Waals surface area contributed by atoms with Crippen LogP contribution in [0.25, 0.3) is 0 Å². The molecule has 2 aliphatic rings. The number of hydrogen-bond acceptors (Lipinski definition) is 5. The van der Waals surface area contributed by atoms with Crippen LogP contribution < -0.4 is 5.73 Å². The molecule has 2 aromatic rings. The van der Waals surface area contributed by atoms with E-state index in [1.807, 2.05) is 0 Å². The molecule has 0 fully saturated rings. The smallest absolute Gasteiger partial charge is 0.354 e. The maximum absolute atomic E-state index is 13.9. The summed E-state index contributed by atoms with van der Waals surface area (Å²) >= 11 is 0. The summed E-state index contributed by atoms with van der Waals surface area (Å²) in [5.41, 5.74) is 5.19. The standard InChI is InChI=1S/C23H22F6N6O2/c1-32-2-4-33(5-3-32)21(37)20-18-12-34(6-7-35(18)22(31-20)23(27,28)29)19(36)10-14(30)8-13-9-16(25)17(26)11-15(13)24/h2-5,9,11,14H,6-8,10,12,30H2,1H3/t14-/m1/s1. The molecule has 0 spiro atoms. The van der Waals surface area contributed by atoms with E-state index in [1.165, 1.54) is 29.7 Å². The van der Waals surface area contributed by atoms with Gasteiger partial charge in [-0.15, -0.1) is 0 Å². The zero-order valence-corrected chi connectivity index (χ0v) is 19.5. The number of fused-ring (bicyclic) bond motifs is 1. The van der Waals surface area contributed by atoms with Crippen molar-refractivity contribution in [3.63, 3.8) is 0 Å². The number of hydrogen-bond donors (Lipinski definition) is 1. The Labute approximate surface area is 207 Å². The second-order valence-electron chi connectivity index (χ2n) is 8.70. The highest BCUT2D eigenvalue weighted by molar-refractivity contribution is 5.95. The molecule has 2 aliphatic heterocycles. The summed E-state index contributed by atoms with van der Waals surface area (Å²) in [5.74, 6) is -6.25. The highest BCUT2D eigenvalue weighted by Gasteiger charge is 2.42. The van der Waals surface area contributed by atoms with Crippen molar-refractivity contribution in [3.8, 4) is 0 Å². The van der Waals surface area contributed by atoms with Crippen LogP contribution in [0, 0.1) is 17.5 Å². The molecule has 2 amide bonds. The second kappa shape index (κ2) is 9.92. The Balaban J connectivity index is 1.53. The van der Waals surface area contributed by atoms with Gasteiger partial charge in [0.1, 0.15) is 5.82 Å². The molecular formula is C23H22F6N6O2. The maximum Gasteiger partial charge on any atom is 0.449 e. The molecule has 0 aliphatic carbocycles. The minimum Gasteiger partial charge on any atom is -0.354 e. The molecule has 3 heterocycles. The number of nitrogens with zero attached hydrogens (tertiary/aromatic N) is 5. The third kappa shape index (κ3) is 5.48. The molecule has 37 heavy (non-hydrogen) atoms. The molecular weight excluding hydrogens is 506 g/mol. The fourth-order valence-electron chi connectivity index (χ4n) is 4.11. The Morgan fingerprint density at radius 2 is 1.68 bits per heavy atom. The van der Waals surface area contributed by atoms with Gasteiger partial charge in [0.05, 0.1) is 12.2 Å². The van der Waals surface area contributed by atoms with E-state index in [4.69, 9.17) is 5.73 Å². The zero-order valence-electron chi connectivity index (χ0n) is 19.5. The van der Waals surface area contributed by atoms with E-state index in [0.717, 1.165) is 9.47 Å². The van der Waals surface area contributed by atoms with Crippen LogP contribution in [-0.4, -0.2) is 55.7 Å².